The minimum Gasteiger partial charge on any atom is -0.337 e. The summed E-state index contributed by atoms with van der Waals surface area (Å²) in [6.45, 7) is -0.220. The van der Waals surface area contributed by atoms with Crippen LogP contribution in [-0.2, 0) is 22.7 Å². The number of carbonyl (C=O) groups excluding carboxylic acids is 3. The molecule has 1 aromatic carbocycles. The summed E-state index contributed by atoms with van der Waals surface area (Å²) in [5.41, 5.74) is 0.670. The van der Waals surface area contributed by atoms with Crippen LogP contribution in [0.4, 0.5) is 4.79 Å². The van der Waals surface area contributed by atoms with Gasteiger partial charge in [-0.15, -0.1) is 11.3 Å². The topological polar surface area (TPSA) is 96.6 Å². The first-order valence-corrected chi connectivity index (χ1v) is 9.07. The Labute approximate surface area is 161 Å². The van der Waals surface area contributed by atoms with Gasteiger partial charge in [0.15, 0.2) is 0 Å². The van der Waals surface area contributed by atoms with Gasteiger partial charge in [-0.1, -0.05) is 22.8 Å². The molecule has 2 aromatic heterocycles. The molecule has 1 fully saturated rings. The fourth-order valence-electron chi connectivity index (χ4n) is 2.56. The lowest BCUT2D eigenvalue weighted by atomic mass is 10.2. The van der Waals surface area contributed by atoms with Gasteiger partial charge < -0.3 is 4.52 Å². The second kappa shape index (κ2) is 6.93. The Bertz CT molecular complexity index is 1020. The third-order valence-electron chi connectivity index (χ3n) is 3.89. The summed E-state index contributed by atoms with van der Waals surface area (Å²) >= 11 is 7.24. The second-order valence-electron chi connectivity index (χ2n) is 5.66. The molecule has 4 rings (SSSR count). The van der Waals surface area contributed by atoms with Gasteiger partial charge in [0.2, 0.25) is 11.7 Å². The molecule has 0 saturated carbocycles. The van der Waals surface area contributed by atoms with Crippen LogP contribution in [0, 0.1) is 0 Å². The highest BCUT2D eigenvalue weighted by molar-refractivity contribution is 7.09. The van der Waals surface area contributed by atoms with Gasteiger partial charge in [0.05, 0.1) is 6.54 Å². The Balaban J connectivity index is 1.51. The average Bonchev–Trinajstić information content (AvgIpc) is 3.38. The zero-order valence-electron chi connectivity index (χ0n) is 13.7. The number of rotatable bonds is 5. The van der Waals surface area contributed by atoms with Crippen molar-refractivity contribution in [2.45, 2.75) is 13.1 Å². The van der Waals surface area contributed by atoms with Crippen LogP contribution in [0.1, 0.15) is 10.8 Å². The first kappa shape index (κ1) is 17.4. The zero-order valence-corrected chi connectivity index (χ0v) is 15.2. The van der Waals surface area contributed by atoms with Crippen molar-refractivity contribution in [2.24, 2.45) is 0 Å². The molecule has 8 nitrogen and oxygen atoms in total. The summed E-state index contributed by atoms with van der Waals surface area (Å²) in [6.07, 6.45) is 0. The number of benzene rings is 1. The standard InChI is InChI=1S/C17H11ClN4O4S/c18-11-5-3-10(4-6-11)14-19-13(26-20-14)9-22-16(24)15(23)21(17(22)25)8-12-2-1-7-27-12/h1-7H,8-9H2. The van der Waals surface area contributed by atoms with Gasteiger partial charge in [0.25, 0.3) is 0 Å². The van der Waals surface area contributed by atoms with Crippen LogP contribution in [-0.4, -0.2) is 37.8 Å². The number of urea groups is 1. The molecule has 27 heavy (non-hydrogen) atoms. The Morgan fingerprint density at radius 1 is 1.00 bits per heavy atom. The molecule has 4 amide bonds. The van der Waals surface area contributed by atoms with Crippen LogP contribution >= 0.6 is 22.9 Å². The number of nitrogens with zero attached hydrogens (tertiary/aromatic N) is 4. The van der Waals surface area contributed by atoms with Crippen molar-refractivity contribution in [1.29, 1.82) is 0 Å². The first-order chi connectivity index (χ1) is 13.0. The molecule has 0 radical (unpaired) electrons. The third kappa shape index (κ3) is 3.34. The predicted molar refractivity (Wildman–Crippen MR) is 95.6 cm³/mol. The fraction of sp³-hybridized carbons (Fsp3) is 0.118. The summed E-state index contributed by atoms with van der Waals surface area (Å²) in [5, 5.41) is 6.23. The van der Waals surface area contributed by atoms with Gasteiger partial charge in [-0.3, -0.25) is 14.5 Å². The van der Waals surface area contributed by atoms with E-state index in [-0.39, 0.29) is 19.0 Å². The summed E-state index contributed by atoms with van der Waals surface area (Å²) < 4.78 is 5.12. The average molecular weight is 403 g/mol. The van der Waals surface area contributed by atoms with E-state index in [0.29, 0.717) is 16.4 Å². The smallest absolute Gasteiger partial charge is 0.335 e. The molecule has 0 bridgehead atoms. The van der Waals surface area contributed by atoms with Gasteiger partial charge in [-0.05, 0) is 35.7 Å². The molecule has 1 aliphatic heterocycles. The molecule has 10 heteroatoms. The number of hydrogen-bond donors (Lipinski definition) is 0. The minimum absolute atomic E-state index is 0.0485. The van der Waals surface area contributed by atoms with Crippen LogP contribution in [0.3, 0.4) is 0 Å². The van der Waals surface area contributed by atoms with E-state index in [0.717, 1.165) is 14.7 Å². The number of aromatic nitrogens is 2. The van der Waals surface area contributed by atoms with Crippen LogP contribution in [0.25, 0.3) is 11.4 Å². The lowest BCUT2D eigenvalue weighted by molar-refractivity contribution is -0.143. The SMILES string of the molecule is O=C1C(=O)N(Cc2cccs2)C(=O)N1Cc1nc(-c2ccc(Cl)cc2)no1. The van der Waals surface area contributed by atoms with Crippen molar-refractivity contribution in [3.8, 4) is 11.4 Å². The van der Waals surface area contributed by atoms with Gasteiger partial charge in [-0.25, -0.2) is 9.69 Å². The summed E-state index contributed by atoms with van der Waals surface area (Å²) in [6, 6.07) is 9.69. The Morgan fingerprint density at radius 3 is 2.37 bits per heavy atom. The van der Waals surface area contributed by atoms with E-state index >= 15 is 0 Å². The maximum atomic E-state index is 12.5. The normalized spacial score (nSPS) is 14.5. The van der Waals surface area contributed by atoms with Crippen molar-refractivity contribution < 1.29 is 18.9 Å². The van der Waals surface area contributed by atoms with Crippen LogP contribution in [0.5, 0.6) is 0 Å². The number of amides is 4. The number of hydrogen-bond acceptors (Lipinski definition) is 7. The number of imide groups is 2. The molecule has 0 aliphatic carbocycles. The number of thiophene rings is 1. The molecule has 3 aromatic rings. The van der Waals surface area contributed by atoms with E-state index < -0.39 is 17.8 Å². The highest BCUT2D eigenvalue weighted by Crippen LogP contribution is 2.22. The lowest BCUT2D eigenvalue weighted by Gasteiger charge is -2.13. The van der Waals surface area contributed by atoms with Crippen molar-refractivity contribution >= 4 is 40.8 Å². The number of carbonyl (C=O) groups is 3. The first-order valence-electron chi connectivity index (χ1n) is 7.81. The lowest BCUT2D eigenvalue weighted by Crippen LogP contribution is -2.32. The largest absolute Gasteiger partial charge is 0.337 e. The monoisotopic (exact) mass is 402 g/mol. The van der Waals surface area contributed by atoms with E-state index in [9.17, 15) is 14.4 Å². The van der Waals surface area contributed by atoms with E-state index in [1.807, 2.05) is 5.38 Å². The molecular weight excluding hydrogens is 392 g/mol. The third-order valence-corrected chi connectivity index (χ3v) is 5.01. The Morgan fingerprint density at radius 2 is 1.70 bits per heavy atom. The summed E-state index contributed by atoms with van der Waals surface area (Å²) in [4.78, 5) is 43.5. The fourth-order valence-corrected chi connectivity index (χ4v) is 3.38. The second-order valence-corrected chi connectivity index (χ2v) is 7.13. The van der Waals surface area contributed by atoms with Gasteiger partial charge in [0, 0.05) is 15.5 Å². The van der Waals surface area contributed by atoms with Crippen molar-refractivity contribution in [3.63, 3.8) is 0 Å². The molecule has 1 aliphatic rings. The predicted octanol–water partition coefficient (Wildman–Crippen LogP) is 2.94. The van der Waals surface area contributed by atoms with Gasteiger partial charge in [-0.2, -0.15) is 4.98 Å². The minimum atomic E-state index is -0.914. The van der Waals surface area contributed by atoms with Gasteiger partial charge >= 0.3 is 17.8 Å². The molecule has 136 valence electrons. The quantitative estimate of drug-likeness (QED) is 0.481. The van der Waals surface area contributed by atoms with Crippen molar-refractivity contribution in [3.05, 3.63) is 57.6 Å². The summed E-state index contributed by atoms with van der Waals surface area (Å²) in [7, 11) is 0. The molecule has 0 spiro atoms. The Hall–Kier alpha value is -3.04. The molecule has 3 heterocycles. The van der Waals surface area contributed by atoms with Crippen LogP contribution in [0.15, 0.2) is 46.3 Å². The van der Waals surface area contributed by atoms with Crippen LogP contribution in [0.2, 0.25) is 5.02 Å². The molecule has 0 N–H and O–H groups in total. The molecule has 0 unspecified atom stereocenters. The van der Waals surface area contributed by atoms with Crippen LogP contribution < -0.4 is 0 Å². The zero-order chi connectivity index (χ0) is 19.0. The highest BCUT2D eigenvalue weighted by Gasteiger charge is 2.45. The van der Waals surface area contributed by atoms with E-state index in [2.05, 4.69) is 10.1 Å². The number of halogens is 1. The maximum Gasteiger partial charge on any atom is 0.335 e. The Kier molecular flexibility index (Phi) is 4.46. The molecule has 1 saturated heterocycles. The summed E-state index contributed by atoms with van der Waals surface area (Å²) in [5.74, 6) is -1.44. The van der Waals surface area contributed by atoms with E-state index in [4.69, 9.17) is 16.1 Å². The van der Waals surface area contributed by atoms with Crippen molar-refractivity contribution in [2.75, 3.05) is 0 Å². The highest BCUT2D eigenvalue weighted by atomic mass is 35.5. The van der Waals surface area contributed by atoms with E-state index in [1.165, 1.54) is 11.3 Å². The maximum absolute atomic E-state index is 12.5. The van der Waals surface area contributed by atoms with Crippen molar-refractivity contribution in [1.82, 2.24) is 19.9 Å². The molecular formula is C17H11ClN4O4S. The van der Waals surface area contributed by atoms with Gasteiger partial charge in [0.1, 0.15) is 6.54 Å². The van der Waals surface area contributed by atoms with E-state index in [1.54, 1.807) is 36.4 Å². The molecule has 0 atom stereocenters.